The molecule has 1 aliphatic rings. The number of nitrogens with zero attached hydrogens (tertiary/aromatic N) is 4. The molecule has 8 atom stereocenters. The zero-order chi connectivity index (χ0) is 86.7. The predicted octanol–water partition coefficient (Wildman–Crippen LogP) is 17.1. The van der Waals surface area contributed by atoms with Crippen LogP contribution in [0.4, 0.5) is 0 Å². The predicted molar refractivity (Wildman–Crippen MR) is 468 cm³/mol. The van der Waals surface area contributed by atoms with Crippen molar-refractivity contribution in [2.45, 2.75) is 401 Å². The highest BCUT2D eigenvalue weighted by molar-refractivity contribution is 5.74. The van der Waals surface area contributed by atoms with Crippen molar-refractivity contribution in [1.29, 1.82) is 0 Å². The molecule has 24 nitrogen and oxygen atoms in total. The molecule has 1 aliphatic heterocycles. The van der Waals surface area contributed by atoms with Gasteiger partial charge in [0.15, 0.2) is 0 Å². The fraction of sp³-hybridized carbons (Fsp3) is 0.915. The smallest absolute Gasteiger partial charge is 0.308 e. The lowest BCUT2D eigenvalue weighted by Gasteiger charge is -2.34. The van der Waals surface area contributed by atoms with Crippen LogP contribution in [-0.2, 0) is 76.3 Å². The van der Waals surface area contributed by atoms with Gasteiger partial charge in [0.1, 0.15) is 50.8 Å². The van der Waals surface area contributed by atoms with Gasteiger partial charge in [0.2, 0.25) is 0 Å². The number of rotatable bonds is 76. The van der Waals surface area contributed by atoms with Crippen molar-refractivity contribution < 1.29 is 96.7 Å². The van der Waals surface area contributed by atoms with E-state index in [2.05, 4.69) is 75.0 Å². The Morgan fingerprint density at radius 3 is 0.610 bits per heavy atom. The van der Waals surface area contributed by atoms with Crippen LogP contribution >= 0.6 is 0 Å². The van der Waals surface area contributed by atoms with Crippen molar-refractivity contribution in [2.75, 3.05) is 131 Å². The van der Waals surface area contributed by atoms with Crippen molar-refractivity contribution in [3.05, 3.63) is 0 Å². The molecule has 0 bridgehead atoms. The molecule has 8 unspecified atom stereocenters. The third-order valence-corrected chi connectivity index (χ3v) is 22.6. The van der Waals surface area contributed by atoms with Gasteiger partial charge >= 0.3 is 47.8 Å². The Balaban J connectivity index is 3.31. The fourth-order valence-electron chi connectivity index (χ4n) is 15.2. The molecule has 0 aromatic carbocycles. The molecule has 0 spiro atoms. The first kappa shape index (κ1) is 111. The quantitative estimate of drug-likeness (QED) is 0.0250. The van der Waals surface area contributed by atoms with Crippen LogP contribution < -0.4 is 0 Å². The molecular weight excluding hydrogens is 1510 g/mol. The minimum absolute atomic E-state index is 0.0796. The van der Waals surface area contributed by atoms with Crippen LogP contribution in [0.3, 0.4) is 0 Å². The van der Waals surface area contributed by atoms with E-state index in [1.54, 1.807) is 0 Å². The number of carbonyl (C=O) groups is 8. The summed E-state index contributed by atoms with van der Waals surface area (Å²) in [6.07, 6.45) is 37.4. The van der Waals surface area contributed by atoms with Gasteiger partial charge in [0, 0.05) is 78.0 Å². The van der Waals surface area contributed by atoms with E-state index >= 15 is 0 Å². The van der Waals surface area contributed by atoms with Crippen molar-refractivity contribution in [2.24, 2.45) is 23.7 Å². The highest BCUT2D eigenvalue weighted by Gasteiger charge is 2.27. The highest BCUT2D eigenvalue weighted by Crippen LogP contribution is 2.25. The van der Waals surface area contributed by atoms with Crippen LogP contribution in [0.15, 0.2) is 0 Å². The molecule has 0 aromatic rings. The number of hydrogen-bond donors (Lipinski definition) is 4. The molecule has 1 fully saturated rings. The Morgan fingerprint density at radius 1 is 0.229 bits per heavy atom. The van der Waals surface area contributed by atoms with Crippen LogP contribution in [-0.4, -0.2) is 244 Å². The zero-order valence-corrected chi connectivity index (χ0v) is 76.2. The van der Waals surface area contributed by atoms with Gasteiger partial charge in [-0.1, -0.05) is 209 Å². The minimum atomic E-state index is -1.05. The van der Waals surface area contributed by atoms with Crippen LogP contribution in [0.1, 0.15) is 376 Å². The average molecular weight is 1680 g/mol. The van der Waals surface area contributed by atoms with Crippen LogP contribution in [0.2, 0.25) is 0 Å². The molecule has 692 valence electrons. The summed E-state index contributed by atoms with van der Waals surface area (Å²) in [7, 11) is 0. The number of ether oxygens (including phenoxy) is 8. The first-order chi connectivity index (χ1) is 57.2. The van der Waals surface area contributed by atoms with Gasteiger partial charge in [0.25, 0.3) is 0 Å². The Kier molecular flexibility index (Phi) is 74.1. The van der Waals surface area contributed by atoms with Gasteiger partial charge in [-0.05, 0) is 167 Å². The van der Waals surface area contributed by atoms with Gasteiger partial charge in [-0.3, -0.25) is 58.0 Å². The zero-order valence-electron chi connectivity index (χ0n) is 76.2. The molecule has 0 radical (unpaired) electrons. The van der Waals surface area contributed by atoms with E-state index in [-0.39, 0.29) is 126 Å². The third-order valence-electron chi connectivity index (χ3n) is 22.6. The summed E-state index contributed by atoms with van der Waals surface area (Å²) in [6.45, 7) is 21.7. The largest absolute Gasteiger partial charge is 0.465 e. The van der Waals surface area contributed by atoms with E-state index in [4.69, 9.17) is 37.9 Å². The summed E-state index contributed by atoms with van der Waals surface area (Å²) in [5, 5.41) is 46.2. The van der Waals surface area contributed by atoms with Gasteiger partial charge in [0.05, 0.1) is 50.1 Å². The number of unbranched alkanes of at least 4 members (excludes halogenated alkanes) is 24. The van der Waals surface area contributed by atoms with Crippen LogP contribution in [0, 0.1) is 23.7 Å². The van der Waals surface area contributed by atoms with Gasteiger partial charge in [-0.15, -0.1) is 0 Å². The van der Waals surface area contributed by atoms with Gasteiger partial charge < -0.3 is 58.3 Å². The van der Waals surface area contributed by atoms with E-state index in [1.807, 2.05) is 0 Å². The fourth-order valence-corrected chi connectivity index (χ4v) is 15.2. The molecule has 0 amide bonds. The summed E-state index contributed by atoms with van der Waals surface area (Å²) in [4.78, 5) is 113. The maximum Gasteiger partial charge on any atom is 0.308 e. The molecule has 4 N–H and O–H groups in total. The number of β-amino-alcohol motifs (C(OH)–C–C–N with tert-alkyl or cyclic N) is 4. The normalized spacial score (nSPS) is 15.8. The SMILES string of the molecule is CCCCCCC(CCCC)C(=O)OCCCCCC(=O)OCC(O)CN1CCCN(CC(O)COC(=O)CCCCCOC(=O)C(CCCC)CCCCCC)CCN(CC(O)COC(=O)CCCCCOC(=O)C(CCCC)CCCCCC)CCCN(CC(O)COC(=O)CCCCCOC(=O)C(CCCC)CCCCCC)CC1. The van der Waals surface area contributed by atoms with Crippen molar-refractivity contribution >= 4 is 47.8 Å². The number of esters is 8. The average Bonchev–Trinajstić information content (AvgIpc) is 0.904. The first-order valence-electron chi connectivity index (χ1n) is 48.2. The second-order valence-electron chi connectivity index (χ2n) is 33.9. The summed E-state index contributed by atoms with van der Waals surface area (Å²) in [5.74, 6) is -2.57. The molecule has 0 saturated carbocycles. The summed E-state index contributed by atoms with van der Waals surface area (Å²) < 4.78 is 45.4. The lowest BCUT2D eigenvalue weighted by Crippen LogP contribution is -2.47. The molecule has 24 heteroatoms. The van der Waals surface area contributed by atoms with Gasteiger partial charge in [-0.2, -0.15) is 0 Å². The van der Waals surface area contributed by atoms with E-state index in [1.165, 1.54) is 0 Å². The third kappa shape index (κ3) is 64.3. The number of aliphatic hydroxyl groups excluding tert-OH is 4. The van der Waals surface area contributed by atoms with Crippen molar-refractivity contribution in [3.63, 3.8) is 0 Å². The number of carbonyl (C=O) groups excluding carboxylic acids is 8. The van der Waals surface area contributed by atoms with E-state index in [0.717, 1.165) is 205 Å². The van der Waals surface area contributed by atoms with Crippen LogP contribution in [0.5, 0.6) is 0 Å². The molecule has 1 rings (SSSR count). The number of aliphatic hydroxyl groups is 4. The van der Waals surface area contributed by atoms with E-state index < -0.39 is 48.3 Å². The topological polar surface area (TPSA) is 304 Å². The van der Waals surface area contributed by atoms with E-state index in [0.29, 0.717) is 169 Å². The molecule has 0 aromatic heterocycles. The van der Waals surface area contributed by atoms with Gasteiger partial charge in [-0.25, -0.2) is 0 Å². The second-order valence-corrected chi connectivity index (χ2v) is 33.9. The monoisotopic (exact) mass is 1680 g/mol. The standard InChI is InChI=1S/C94H176N4O20/c1-9-17-25-33-51-79(47-21-13-5)91(107)111-67-41-29-37-55-87(103)115-75-83(99)71-95-59-45-60-97(73-85(101)77-117-89(105)57-39-31-43-69-113-93(109)81(49-23-15-7)53-35-27-19-11-3)65-66-98(74-86(102)78-118-90(106)58-40-32-44-70-114-94(110)82(50-24-16-8)54-36-28-20-12-4)62-46-61-96(64-63-95)72-84(100)76-116-88(104)56-38-30-42-68-112-92(108)80(48-22-14-6)52-34-26-18-10-2/h79-86,99-102H,9-78H2,1-8H3. The summed E-state index contributed by atoms with van der Waals surface area (Å²) in [6, 6.07) is 0. The molecular formula is C94H176N4O20. The second kappa shape index (κ2) is 78.4. The lowest BCUT2D eigenvalue weighted by molar-refractivity contribution is -0.150. The van der Waals surface area contributed by atoms with Crippen molar-refractivity contribution in [3.8, 4) is 0 Å². The first-order valence-corrected chi connectivity index (χ1v) is 48.2. The Morgan fingerprint density at radius 2 is 0.415 bits per heavy atom. The molecule has 0 aliphatic carbocycles. The maximum atomic E-state index is 13.1. The Labute approximate surface area is 716 Å². The van der Waals surface area contributed by atoms with Crippen LogP contribution in [0.25, 0.3) is 0 Å². The summed E-state index contributed by atoms with van der Waals surface area (Å²) in [5.41, 5.74) is 0. The maximum absolute atomic E-state index is 13.1. The van der Waals surface area contributed by atoms with Crippen molar-refractivity contribution in [1.82, 2.24) is 19.6 Å². The highest BCUT2D eigenvalue weighted by atomic mass is 16.6. The number of hydrogen-bond acceptors (Lipinski definition) is 24. The Hall–Kier alpha value is -4.56. The summed E-state index contributed by atoms with van der Waals surface area (Å²) >= 11 is 0. The Bertz CT molecular complexity index is 2130. The lowest BCUT2D eigenvalue weighted by atomic mass is 9.95. The molecule has 118 heavy (non-hydrogen) atoms. The minimum Gasteiger partial charge on any atom is -0.465 e. The van der Waals surface area contributed by atoms with E-state index in [9.17, 15) is 58.8 Å². The molecule has 1 heterocycles. The molecule has 1 saturated heterocycles.